The Morgan fingerprint density at radius 3 is 2.60 bits per heavy atom. The monoisotopic (exact) mass is 436 g/mol. The number of fused-ring (bicyclic) bond motifs is 1. The number of benzene rings is 2. The molecule has 30 heavy (non-hydrogen) atoms. The summed E-state index contributed by atoms with van der Waals surface area (Å²) < 4.78 is 36.4. The molecule has 3 rings (SSSR count). The third-order valence-corrected chi connectivity index (χ3v) is 4.31. The molecule has 0 aliphatic rings. The maximum atomic E-state index is 13.1. The number of aryl methyl sites for hydroxylation is 1. The molecule has 10 heteroatoms. The van der Waals surface area contributed by atoms with Crippen molar-refractivity contribution in [1.29, 1.82) is 0 Å². The van der Waals surface area contributed by atoms with Gasteiger partial charge in [0.2, 0.25) is 5.91 Å². The van der Waals surface area contributed by atoms with E-state index >= 15 is 0 Å². The van der Waals surface area contributed by atoms with Crippen molar-refractivity contribution in [2.75, 3.05) is 18.5 Å². The second-order valence-electron chi connectivity index (χ2n) is 6.27. The van der Waals surface area contributed by atoms with E-state index in [1.807, 2.05) is 0 Å². The molecule has 2 aromatic carbocycles. The number of rotatable bonds is 6. The van der Waals surface area contributed by atoms with Gasteiger partial charge in [-0.3, -0.25) is 9.59 Å². The summed E-state index contributed by atoms with van der Waals surface area (Å²) in [5.41, 5.74) is 0.451. The fourth-order valence-electron chi connectivity index (χ4n) is 2.58. The van der Waals surface area contributed by atoms with Crippen LogP contribution in [0.5, 0.6) is 5.75 Å². The predicted octanol–water partition coefficient (Wildman–Crippen LogP) is 3.17. The lowest BCUT2D eigenvalue weighted by Gasteiger charge is -2.10. The highest BCUT2D eigenvalue weighted by atomic mass is 35.5. The molecule has 0 spiro atoms. The van der Waals surface area contributed by atoms with Crippen LogP contribution < -0.4 is 21.0 Å². The number of carbonyl (C=O) groups is 2. The molecule has 0 aliphatic heterocycles. The van der Waals surface area contributed by atoms with Crippen LogP contribution in [0.3, 0.4) is 0 Å². The molecule has 0 atom stereocenters. The van der Waals surface area contributed by atoms with Crippen molar-refractivity contribution >= 4 is 40.1 Å². The van der Waals surface area contributed by atoms with Crippen molar-refractivity contribution < 1.29 is 27.5 Å². The van der Waals surface area contributed by atoms with Crippen molar-refractivity contribution in [3.05, 3.63) is 69.0 Å². The van der Waals surface area contributed by atoms with Crippen LogP contribution in [0.15, 0.2) is 45.6 Å². The highest BCUT2D eigenvalue weighted by Gasteiger charge is 2.12. The molecule has 0 saturated heterocycles. The zero-order valence-corrected chi connectivity index (χ0v) is 16.3. The summed E-state index contributed by atoms with van der Waals surface area (Å²) in [4.78, 5) is 35.2. The third kappa shape index (κ3) is 5.12. The lowest BCUT2D eigenvalue weighted by atomic mass is 10.1. The molecule has 2 amide bonds. The van der Waals surface area contributed by atoms with Gasteiger partial charge in [0.1, 0.15) is 11.3 Å². The van der Waals surface area contributed by atoms with Gasteiger partial charge in [-0.15, -0.1) is 0 Å². The number of hydrogen-bond donors (Lipinski definition) is 2. The molecule has 0 saturated carbocycles. The van der Waals surface area contributed by atoms with E-state index in [-0.39, 0.29) is 22.0 Å². The number of halogens is 3. The zero-order chi connectivity index (χ0) is 21.8. The van der Waals surface area contributed by atoms with Gasteiger partial charge in [-0.05, 0) is 30.7 Å². The Balaban J connectivity index is 1.55. The van der Waals surface area contributed by atoms with Crippen molar-refractivity contribution in [3.63, 3.8) is 0 Å². The van der Waals surface area contributed by atoms with E-state index in [0.29, 0.717) is 10.9 Å². The highest BCUT2D eigenvalue weighted by Crippen LogP contribution is 2.30. The topological polar surface area (TPSA) is 97.6 Å². The van der Waals surface area contributed by atoms with Crippen LogP contribution in [0.1, 0.15) is 5.56 Å². The van der Waals surface area contributed by atoms with E-state index in [9.17, 15) is 23.2 Å². The summed E-state index contributed by atoms with van der Waals surface area (Å²) in [6.45, 7) is 0.857. The number of nitrogens with one attached hydrogen (secondary N) is 2. The van der Waals surface area contributed by atoms with Crippen LogP contribution in [0.2, 0.25) is 5.02 Å². The Bertz CT molecular complexity index is 1200. The second-order valence-corrected chi connectivity index (χ2v) is 6.68. The standard InChI is InChI=1S/C20H15ClF2N2O5/c1-10-4-20(28)30-16-7-17(13(21)6-12(10)16)29-9-19(27)24-8-18(26)25-11-2-3-14(22)15(23)5-11/h2-7H,8-9H2,1H3,(H,24,27)(H,25,26). The molecule has 156 valence electrons. The van der Waals surface area contributed by atoms with Gasteiger partial charge in [-0.1, -0.05) is 11.6 Å². The van der Waals surface area contributed by atoms with Gasteiger partial charge in [0.15, 0.2) is 18.2 Å². The van der Waals surface area contributed by atoms with Gasteiger partial charge < -0.3 is 19.8 Å². The molecule has 0 fully saturated rings. The van der Waals surface area contributed by atoms with Crippen LogP contribution in [-0.4, -0.2) is 25.0 Å². The molecule has 0 unspecified atom stereocenters. The molecule has 3 aromatic rings. The van der Waals surface area contributed by atoms with Gasteiger partial charge in [0.25, 0.3) is 5.91 Å². The average molecular weight is 437 g/mol. The number of anilines is 1. The molecular formula is C20H15ClF2N2O5. The Labute approximate surface area is 173 Å². The maximum absolute atomic E-state index is 13.1. The molecule has 0 radical (unpaired) electrons. The molecule has 0 bridgehead atoms. The highest BCUT2D eigenvalue weighted by molar-refractivity contribution is 6.32. The minimum absolute atomic E-state index is 0.0455. The van der Waals surface area contributed by atoms with Crippen LogP contribution in [0, 0.1) is 18.6 Å². The first-order valence-corrected chi connectivity index (χ1v) is 8.99. The molecule has 2 N–H and O–H groups in total. The third-order valence-electron chi connectivity index (χ3n) is 4.01. The van der Waals surface area contributed by atoms with Crippen molar-refractivity contribution in [1.82, 2.24) is 5.32 Å². The van der Waals surface area contributed by atoms with Gasteiger partial charge >= 0.3 is 5.63 Å². The first-order valence-electron chi connectivity index (χ1n) is 8.61. The minimum atomic E-state index is -1.11. The average Bonchev–Trinajstić information content (AvgIpc) is 2.68. The van der Waals surface area contributed by atoms with Crippen LogP contribution in [0.4, 0.5) is 14.5 Å². The normalized spacial score (nSPS) is 10.7. The SMILES string of the molecule is Cc1cc(=O)oc2cc(OCC(=O)NCC(=O)Nc3ccc(F)c(F)c3)c(Cl)cc12. The van der Waals surface area contributed by atoms with Crippen LogP contribution in [0.25, 0.3) is 11.0 Å². The smallest absolute Gasteiger partial charge is 0.336 e. The van der Waals surface area contributed by atoms with Gasteiger partial charge in [-0.25, -0.2) is 13.6 Å². The van der Waals surface area contributed by atoms with Crippen molar-refractivity contribution in [2.45, 2.75) is 6.92 Å². The molecule has 0 aliphatic carbocycles. The summed E-state index contributed by atoms with van der Waals surface area (Å²) in [5.74, 6) is -3.30. The Morgan fingerprint density at radius 1 is 1.10 bits per heavy atom. The number of carbonyl (C=O) groups excluding carboxylic acids is 2. The van der Waals surface area contributed by atoms with Gasteiger partial charge in [0, 0.05) is 29.3 Å². The van der Waals surface area contributed by atoms with Crippen LogP contribution in [-0.2, 0) is 9.59 Å². The minimum Gasteiger partial charge on any atom is -0.482 e. The first kappa shape index (κ1) is 21.3. The van der Waals surface area contributed by atoms with E-state index in [0.717, 1.165) is 12.1 Å². The molecule has 7 nitrogen and oxygen atoms in total. The Kier molecular flexibility index (Phi) is 6.31. The number of amides is 2. The summed E-state index contributed by atoms with van der Waals surface area (Å²) in [6, 6.07) is 7.15. The maximum Gasteiger partial charge on any atom is 0.336 e. The number of ether oxygens (including phenoxy) is 1. The lowest BCUT2D eigenvalue weighted by molar-refractivity contribution is -0.125. The van der Waals surface area contributed by atoms with E-state index in [4.69, 9.17) is 20.8 Å². The quantitative estimate of drug-likeness (QED) is 0.578. The predicted molar refractivity (Wildman–Crippen MR) is 106 cm³/mol. The summed E-state index contributed by atoms with van der Waals surface area (Å²) in [5, 5.41) is 5.47. The van der Waals surface area contributed by atoms with Crippen molar-refractivity contribution in [2.24, 2.45) is 0 Å². The largest absolute Gasteiger partial charge is 0.482 e. The summed E-state index contributed by atoms with van der Waals surface area (Å²) >= 11 is 6.14. The van der Waals surface area contributed by atoms with E-state index < -0.39 is 42.2 Å². The molecule has 1 heterocycles. The zero-order valence-electron chi connectivity index (χ0n) is 15.6. The summed E-state index contributed by atoms with van der Waals surface area (Å²) in [6.07, 6.45) is 0. The summed E-state index contributed by atoms with van der Waals surface area (Å²) in [7, 11) is 0. The lowest BCUT2D eigenvalue weighted by Crippen LogP contribution is -2.35. The Morgan fingerprint density at radius 2 is 1.87 bits per heavy atom. The fraction of sp³-hybridized carbons (Fsp3) is 0.150. The van der Waals surface area contributed by atoms with E-state index in [2.05, 4.69) is 10.6 Å². The first-order chi connectivity index (χ1) is 14.2. The van der Waals surface area contributed by atoms with Crippen LogP contribution >= 0.6 is 11.6 Å². The van der Waals surface area contributed by atoms with Gasteiger partial charge in [-0.2, -0.15) is 0 Å². The molecule has 1 aromatic heterocycles. The van der Waals surface area contributed by atoms with E-state index in [1.165, 1.54) is 18.2 Å². The second kappa shape index (κ2) is 8.91. The Hall–Kier alpha value is -3.46. The van der Waals surface area contributed by atoms with Crippen molar-refractivity contribution in [3.8, 4) is 5.75 Å². The van der Waals surface area contributed by atoms with Gasteiger partial charge in [0.05, 0.1) is 11.6 Å². The van der Waals surface area contributed by atoms with E-state index in [1.54, 1.807) is 13.0 Å². The fourth-order valence-corrected chi connectivity index (χ4v) is 2.80. The number of hydrogen-bond acceptors (Lipinski definition) is 5. The molecular weight excluding hydrogens is 422 g/mol.